The number of amides is 1. The maximum atomic E-state index is 12.2. The number of hydrogen-bond acceptors (Lipinski definition) is 5. The average Bonchev–Trinajstić information content (AvgIpc) is 3.43. The zero-order chi connectivity index (χ0) is 26.0. The van der Waals surface area contributed by atoms with Gasteiger partial charge in [0.15, 0.2) is 0 Å². The number of rotatable bonds is 7. The largest absolute Gasteiger partial charge is 0.492 e. The van der Waals surface area contributed by atoms with Gasteiger partial charge < -0.3 is 18.6 Å². The number of hydrogen-bond donors (Lipinski definition) is 1. The first-order valence-electron chi connectivity index (χ1n) is 12.6. The first kappa shape index (κ1) is 24.4. The number of ether oxygens (including phenoxy) is 2. The van der Waals surface area contributed by atoms with Crippen molar-refractivity contribution >= 4 is 22.7 Å². The van der Waals surface area contributed by atoms with Crippen molar-refractivity contribution < 1.29 is 14.3 Å². The van der Waals surface area contributed by atoms with Crippen LogP contribution in [0.5, 0.6) is 5.75 Å². The third-order valence-corrected chi connectivity index (χ3v) is 6.51. The van der Waals surface area contributed by atoms with E-state index in [4.69, 9.17) is 9.47 Å². The summed E-state index contributed by atoms with van der Waals surface area (Å²) >= 11 is 0. The number of nitrogens with one attached hydrogen (secondary N) is 1. The molecule has 8 heteroatoms. The average molecular weight is 498 g/mol. The van der Waals surface area contributed by atoms with E-state index in [2.05, 4.69) is 20.9 Å². The van der Waals surface area contributed by atoms with E-state index in [0.29, 0.717) is 30.4 Å². The molecule has 1 fully saturated rings. The summed E-state index contributed by atoms with van der Waals surface area (Å²) < 4.78 is 15.7. The van der Waals surface area contributed by atoms with E-state index >= 15 is 0 Å². The fourth-order valence-electron chi connectivity index (χ4n) is 4.62. The van der Waals surface area contributed by atoms with E-state index in [1.165, 1.54) is 6.42 Å². The lowest BCUT2D eigenvalue weighted by Gasteiger charge is -2.30. The summed E-state index contributed by atoms with van der Waals surface area (Å²) in [5.74, 6) is 0.777. The van der Waals surface area contributed by atoms with Crippen molar-refractivity contribution in [3.05, 3.63) is 66.7 Å². The van der Waals surface area contributed by atoms with E-state index in [0.717, 1.165) is 40.8 Å². The minimum absolute atomic E-state index is 0.334. The van der Waals surface area contributed by atoms with Crippen molar-refractivity contribution in [1.29, 1.82) is 5.26 Å². The molecule has 1 aliphatic carbocycles. The van der Waals surface area contributed by atoms with Crippen molar-refractivity contribution in [2.24, 2.45) is 0 Å². The van der Waals surface area contributed by atoms with Crippen LogP contribution in [0, 0.1) is 11.3 Å². The van der Waals surface area contributed by atoms with Gasteiger partial charge in [0.1, 0.15) is 24.0 Å². The summed E-state index contributed by atoms with van der Waals surface area (Å²) in [5, 5.41) is 13.9. The van der Waals surface area contributed by atoms with Gasteiger partial charge in [-0.25, -0.2) is 9.78 Å². The quantitative estimate of drug-likeness (QED) is 0.313. The van der Waals surface area contributed by atoms with Gasteiger partial charge in [0.25, 0.3) is 0 Å². The fourth-order valence-corrected chi connectivity index (χ4v) is 4.62. The number of nitrogens with zero attached hydrogens (tertiary/aromatic N) is 4. The van der Waals surface area contributed by atoms with Crippen LogP contribution < -0.4 is 10.1 Å². The molecule has 1 saturated carbocycles. The van der Waals surface area contributed by atoms with Crippen LogP contribution in [-0.2, 0) is 11.3 Å². The minimum atomic E-state index is -0.572. The summed E-state index contributed by atoms with van der Waals surface area (Å²) in [4.78, 5) is 16.2. The second-order valence-electron chi connectivity index (χ2n) is 10.3. The van der Waals surface area contributed by atoms with Crippen LogP contribution >= 0.6 is 0 Å². The Morgan fingerprint density at radius 2 is 1.97 bits per heavy atom. The van der Waals surface area contributed by atoms with Gasteiger partial charge in [0.05, 0.1) is 29.6 Å². The van der Waals surface area contributed by atoms with Crippen molar-refractivity contribution in [3.63, 3.8) is 0 Å². The number of nitriles is 1. The molecular formula is C29H31N5O3. The van der Waals surface area contributed by atoms with E-state index in [-0.39, 0.29) is 0 Å². The van der Waals surface area contributed by atoms with Crippen LogP contribution in [-0.4, -0.2) is 32.4 Å². The number of aromatic nitrogens is 3. The Morgan fingerprint density at radius 3 is 2.59 bits per heavy atom. The van der Waals surface area contributed by atoms with Crippen molar-refractivity contribution in [3.8, 4) is 23.1 Å². The van der Waals surface area contributed by atoms with Gasteiger partial charge in [-0.1, -0.05) is 12.1 Å². The van der Waals surface area contributed by atoms with Crippen LogP contribution in [0.1, 0.15) is 51.6 Å². The zero-order valence-corrected chi connectivity index (χ0v) is 21.4. The Hall–Kier alpha value is -4.25. The second kappa shape index (κ2) is 10.0. The molecule has 0 spiro atoms. The highest BCUT2D eigenvalue weighted by atomic mass is 16.6. The fraction of sp³-hybridized carbons (Fsp3) is 0.345. The number of carbonyl (C=O) groups excluding carboxylic acids is 1. The molecule has 1 amide bonds. The number of anilines is 1. The molecule has 2 aromatic carbocycles. The highest BCUT2D eigenvalue weighted by Gasteiger charge is 2.28. The predicted octanol–water partition coefficient (Wildman–Crippen LogP) is 6.53. The lowest BCUT2D eigenvalue weighted by atomic mass is 9.92. The molecule has 1 aliphatic rings. The molecule has 0 bridgehead atoms. The smallest absolute Gasteiger partial charge is 0.412 e. The number of benzene rings is 2. The van der Waals surface area contributed by atoms with E-state index < -0.39 is 11.7 Å². The summed E-state index contributed by atoms with van der Waals surface area (Å²) in [7, 11) is 0. The highest BCUT2D eigenvalue weighted by Crippen LogP contribution is 2.43. The highest BCUT2D eigenvalue weighted by molar-refractivity contribution is 5.96. The number of fused-ring (bicyclic) bond motifs is 1. The van der Waals surface area contributed by atoms with Crippen LogP contribution in [0.2, 0.25) is 0 Å². The van der Waals surface area contributed by atoms with Gasteiger partial charge in [0, 0.05) is 35.6 Å². The van der Waals surface area contributed by atoms with E-state index in [1.807, 2.05) is 74.0 Å². The van der Waals surface area contributed by atoms with Gasteiger partial charge in [-0.15, -0.1) is 0 Å². The lowest BCUT2D eigenvalue weighted by molar-refractivity contribution is 0.0636. The van der Waals surface area contributed by atoms with Crippen molar-refractivity contribution in [2.45, 2.75) is 58.2 Å². The first-order chi connectivity index (χ1) is 17.8. The van der Waals surface area contributed by atoms with Gasteiger partial charge in [-0.05, 0) is 69.9 Å². The van der Waals surface area contributed by atoms with E-state index in [1.54, 1.807) is 12.5 Å². The molecular weight excluding hydrogens is 466 g/mol. The number of carbonyl (C=O) groups is 1. The van der Waals surface area contributed by atoms with Crippen LogP contribution in [0.4, 0.5) is 10.5 Å². The Kier molecular flexibility index (Phi) is 6.62. The SMILES string of the molecule is CC(C)(C)OC(=O)Nc1ccc(-c2c(C#N)c3ccc(OCCn4ccnc4)cc3n2C2CCC2)cc1. The molecule has 2 heterocycles. The summed E-state index contributed by atoms with van der Waals surface area (Å²) in [6.45, 7) is 6.72. The zero-order valence-electron chi connectivity index (χ0n) is 21.4. The summed E-state index contributed by atoms with van der Waals surface area (Å²) in [6.07, 6.45) is 8.26. The Labute approximate surface area is 216 Å². The Morgan fingerprint density at radius 1 is 1.19 bits per heavy atom. The predicted molar refractivity (Wildman–Crippen MR) is 143 cm³/mol. The second-order valence-corrected chi connectivity index (χ2v) is 10.3. The first-order valence-corrected chi connectivity index (χ1v) is 12.6. The normalized spacial score (nSPS) is 13.7. The molecule has 1 N–H and O–H groups in total. The van der Waals surface area contributed by atoms with E-state index in [9.17, 15) is 10.1 Å². The topological polar surface area (TPSA) is 94.1 Å². The third kappa shape index (κ3) is 5.31. The Bertz CT molecular complexity index is 1440. The van der Waals surface area contributed by atoms with Gasteiger partial charge in [-0.2, -0.15) is 5.26 Å². The molecule has 8 nitrogen and oxygen atoms in total. The molecule has 0 radical (unpaired) electrons. The summed E-state index contributed by atoms with van der Waals surface area (Å²) in [5.41, 5.74) is 3.55. The third-order valence-electron chi connectivity index (χ3n) is 6.51. The lowest BCUT2D eigenvalue weighted by Crippen LogP contribution is -2.27. The molecule has 4 aromatic rings. The van der Waals surface area contributed by atoms with Crippen molar-refractivity contribution in [2.75, 3.05) is 11.9 Å². The van der Waals surface area contributed by atoms with Gasteiger partial charge >= 0.3 is 6.09 Å². The van der Waals surface area contributed by atoms with Crippen LogP contribution in [0.15, 0.2) is 61.2 Å². The van der Waals surface area contributed by atoms with Crippen molar-refractivity contribution in [1.82, 2.24) is 14.1 Å². The van der Waals surface area contributed by atoms with Gasteiger partial charge in [-0.3, -0.25) is 5.32 Å². The van der Waals surface area contributed by atoms with Crippen LogP contribution in [0.3, 0.4) is 0 Å². The minimum Gasteiger partial charge on any atom is -0.492 e. The molecule has 0 aliphatic heterocycles. The monoisotopic (exact) mass is 497 g/mol. The maximum Gasteiger partial charge on any atom is 0.412 e. The molecule has 0 atom stereocenters. The molecule has 37 heavy (non-hydrogen) atoms. The Balaban J connectivity index is 1.46. The molecule has 2 aromatic heterocycles. The molecule has 0 unspecified atom stereocenters. The molecule has 5 rings (SSSR count). The molecule has 0 saturated heterocycles. The summed E-state index contributed by atoms with van der Waals surface area (Å²) in [6, 6.07) is 16.3. The standard InChI is InChI=1S/C29H31N5O3/c1-29(2,3)37-28(35)32-21-9-7-20(8-10-21)27-25(18-30)24-12-11-23(36-16-15-33-14-13-31-19-33)17-26(24)34(27)22-5-4-6-22/h7-14,17,19,22H,4-6,15-16H2,1-3H3,(H,32,35). The van der Waals surface area contributed by atoms with Gasteiger partial charge in [0.2, 0.25) is 0 Å². The molecule has 190 valence electrons. The maximum absolute atomic E-state index is 12.2. The van der Waals surface area contributed by atoms with Crippen LogP contribution in [0.25, 0.3) is 22.2 Å². The number of imidazole rings is 1.